The molecule has 0 bridgehead atoms. The molecular weight excluding hydrogens is 450 g/mol. The number of phosphoric acid groups is 2. The van der Waals surface area contributed by atoms with Crippen molar-refractivity contribution in [2.75, 3.05) is 12.3 Å². The van der Waals surface area contributed by atoms with Crippen molar-refractivity contribution < 1.29 is 52.4 Å². The number of aliphatic hydroxyl groups is 2. The number of aromatic nitrogens is 3. The summed E-state index contributed by atoms with van der Waals surface area (Å²) in [4.78, 5) is 45.8. The number of carbonyl (C=O) groups excluding carboxylic acids is 1. The number of aldehydes is 1. The minimum absolute atomic E-state index is 0.00488. The lowest BCUT2D eigenvalue weighted by molar-refractivity contribution is -0.0947. The Hall–Kier alpha value is -1.77. The number of aliphatic hydroxyl groups excluding tert-OH is 1. The second-order valence-corrected chi connectivity index (χ2v) is 9.43. The molecule has 1 aliphatic heterocycles. The zero-order valence-corrected chi connectivity index (χ0v) is 17.0. The second kappa shape index (κ2) is 7.73. The number of fused-ring (bicyclic) bond motifs is 1. The van der Waals surface area contributed by atoms with Crippen molar-refractivity contribution in [3.8, 4) is 0 Å². The third-order valence-electron chi connectivity index (χ3n) is 4.41. The Morgan fingerprint density at radius 3 is 2.63 bits per heavy atom. The molecule has 2 aromatic heterocycles. The van der Waals surface area contributed by atoms with Gasteiger partial charge in [-0.3, -0.25) is 9.32 Å². The zero-order valence-electron chi connectivity index (χ0n) is 15.2. The maximum absolute atomic E-state index is 11.6. The summed E-state index contributed by atoms with van der Waals surface area (Å²) >= 11 is 0. The van der Waals surface area contributed by atoms with Gasteiger partial charge in [0.15, 0.2) is 12.5 Å². The van der Waals surface area contributed by atoms with Gasteiger partial charge in [0, 0.05) is 11.8 Å². The first-order chi connectivity index (χ1) is 13.8. The summed E-state index contributed by atoms with van der Waals surface area (Å²) in [6, 6.07) is 0. The lowest BCUT2D eigenvalue weighted by Gasteiger charge is -2.27. The molecule has 0 saturated carbocycles. The molecule has 0 radical (unpaired) electrons. The molecule has 7 N–H and O–H groups in total. The van der Waals surface area contributed by atoms with Gasteiger partial charge in [-0.25, -0.2) is 19.1 Å². The van der Waals surface area contributed by atoms with Crippen LogP contribution >= 0.6 is 15.6 Å². The third kappa shape index (κ3) is 4.31. The summed E-state index contributed by atoms with van der Waals surface area (Å²) in [5, 5.41) is 21.4. The number of hydrogen-bond acceptors (Lipinski definition) is 11. The first kappa shape index (κ1) is 22.9. The fraction of sp³-hybridized carbons (Fsp3) is 0.462. The van der Waals surface area contributed by atoms with Crippen LogP contribution in [0.3, 0.4) is 0 Å². The average Bonchev–Trinajstić information content (AvgIpc) is 3.08. The number of ether oxygens (including phenoxy) is 1. The molecule has 0 aromatic carbocycles. The topological polar surface area (TPSA) is 237 Å². The predicted molar refractivity (Wildman–Crippen MR) is 96.8 cm³/mol. The predicted octanol–water partition coefficient (Wildman–Crippen LogP) is -0.938. The van der Waals surface area contributed by atoms with Crippen molar-refractivity contribution in [3.63, 3.8) is 0 Å². The van der Waals surface area contributed by atoms with Gasteiger partial charge < -0.3 is 39.9 Å². The van der Waals surface area contributed by atoms with E-state index in [9.17, 15) is 29.0 Å². The monoisotopic (exact) mass is 468 g/mol. The summed E-state index contributed by atoms with van der Waals surface area (Å²) in [6.45, 7) is 0.322. The fourth-order valence-corrected chi connectivity index (χ4v) is 4.71. The zero-order chi connectivity index (χ0) is 22.5. The van der Waals surface area contributed by atoms with E-state index in [1.54, 1.807) is 0 Å². The molecule has 0 spiro atoms. The Bertz CT molecular complexity index is 1070. The molecule has 166 valence electrons. The highest BCUT2D eigenvalue weighted by Gasteiger charge is 2.54. The molecule has 1 aliphatic rings. The van der Waals surface area contributed by atoms with E-state index in [1.165, 1.54) is 17.7 Å². The maximum atomic E-state index is 11.6. The van der Waals surface area contributed by atoms with Gasteiger partial charge in [-0.1, -0.05) is 0 Å². The molecule has 30 heavy (non-hydrogen) atoms. The number of nitrogens with zero attached hydrogens (tertiary/aromatic N) is 3. The Morgan fingerprint density at radius 2 is 2.03 bits per heavy atom. The first-order valence-electron chi connectivity index (χ1n) is 8.13. The normalized spacial score (nSPS) is 29.2. The van der Waals surface area contributed by atoms with E-state index in [0.717, 1.165) is 6.33 Å². The maximum Gasteiger partial charge on any atom is 0.481 e. The molecule has 0 aliphatic carbocycles. The number of hydrogen-bond donors (Lipinski definition) is 6. The first-order valence-corrected chi connectivity index (χ1v) is 11.2. The highest BCUT2D eigenvalue weighted by Crippen LogP contribution is 2.58. The van der Waals surface area contributed by atoms with Crippen molar-refractivity contribution in [1.29, 1.82) is 0 Å². The minimum atomic E-state index is -5.34. The number of phosphoric ester groups is 1. The van der Waals surface area contributed by atoms with Crippen LogP contribution in [0.2, 0.25) is 0 Å². The summed E-state index contributed by atoms with van der Waals surface area (Å²) < 4.78 is 37.2. The van der Waals surface area contributed by atoms with Crippen molar-refractivity contribution in [2.45, 2.75) is 31.0 Å². The van der Waals surface area contributed by atoms with Crippen LogP contribution in [0.1, 0.15) is 23.5 Å². The third-order valence-corrected chi connectivity index (χ3v) is 6.57. The smallest absolute Gasteiger partial charge is 0.387 e. The molecule has 3 rings (SSSR count). The molecule has 1 unspecified atom stereocenters. The van der Waals surface area contributed by atoms with Crippen molar-refractivity contribution in [1.82, 2.24) is 14.5 Å². The highest BCUT2D eigenvalue weighted by atomic mass is 31.3. The van der Waals surface area contributed by atoms with Gasteiger partial charge in [-0.2, -0.15) is 4.31 Å². The van der Waals surface area contributed by atoms with Gasteiger partial charge in [0.2, 0.25) is 0 Å². The van der Waals surface area contributed by atoms with Crippen LogP contribution in [0.4, 0.5) is 5.82 Å². The minimum Gasteiger partial charge on any atom is -0.387 e. The van der Waals surface area contributed by atoms with Gasteiger partial charge in [-0.15, -0.1) is 0 Å². The van der Waals surface area contributed by atoms with Crippen LogP contribution in [0.15, 0.2) is 12.5 Å². The van der Waals surface area contributed by atoms with E-state index in [1.807, 2.05) is 0 Å². The molecule has 17 heteroatoms. The van der Waals surface area contributed by atoms with Crippen molar-refractivity contribution >= 4 is 38.8 Å². The standard InChI is InChI=1S/C13H18N4O11P2/c1-13(20)9(19)7(4-26-30(24,25)28-29(21,22)23)27-12(13)17-2-6(3-18)8-10(14)15-5-16-11(8)17/h2-3,5,7,9,12,19-20H,4H2,1H3,(H,24,25)(H2,14,15,16)(H2,21,22,23)/t7-,9-,12-,13-/m1/s1. The van der Waals surface area contributed by atoms with Crippen LogP contribution in [0.25, 0.3) is 11.0 Å². The van der Waals surface area contributed by atoms with Gasteiger partial charge in [0.25, 0.3) is 0 Å². The molecule has 2 aromatic rings. The lowest BCUT2D eigenvalue weighted by atomic mass is 9.96. The quantitative estimate of drug-likeness (QED) is 0.212. The van der Waals surface area contributed by atoms with E-state index < -0.39 is 46.3 Å². The number of rotatable bonds is 7. The van der Waals surface area contributed by atoms with Crippen LogP contribution in [0, 0.1) is 0 Å². The van der Waals surface area contributed by atoms with Gasteiger partial charge in [-0.05, 0) is 6.92 Å². The molecule has 1 saturated heterocycles. The van der Waals surface area contributed by atoms with Crippen LogP contribution in [-0.4, -0.2) is 70.1 Å². The van der Waals surface area contributed by atoms with Crippen molar-refractivity contribution in [3.05, 3.63) is 18.1 Å². The van der Waals surface area contributed by atoms with Crippen LogP contribution < -0.4 is 5.73 Å². The Balaban J connectivity index is 1.89. The Kier molecular flexibility index (Phi) is 5.90. The summed E-state index contributed by atoms with van der Waals surface area (Å²) in [5.74, 6) is -0.00488. The van der Waals surface area contributed by atoms with Gasteiger partial charge in [0.1, 0.15) is 35.6 Å². The van der Waals surface area contributed by atoms with E-state index in [2.05, 4.69) is 18.8 Å². The highest BCUT2D eigenvalue weighted by molar-refractivity contribution is 7.60. The van der Waals surface area contributed by atoms with Gasteiger partial charge >= 0.3 is 15.6 Å². The number of anilines is 1. The molecule has 0 amide bonds. The largest absolute Gasteiger partial charge is 0.481 e. The van der Waals surface area contributed by atoms with E-state index >= 15 is 0 Å². The Morgan fingerprint density at radius 1 is 1.37 bits per heavy atom. The lowest BCUT2D eigenvalue weighted by Crippen LogP contribution is -2.44. The van der Waals surface area contributed by atoms with E-state index in [4.69, 9.17) is 20.3 Å². The molecular formula is C13H18N4O11P2. The molecule has 3 heterocycles. The molecule has 5 atom stereocenters. The number of carbonyl (C=O) groups is 1. The fourth-order valence-electron chi connectivity index (χ4n) is 3.11. The summed E-state index contributed by atoms with van der Waals surface area (Å²) in [6.07, 6.45) is -1.60. The van der Waals surface area contributed by atoms with Crippen molar-refractivity contribution in [2.24, 2.45) is 0 Å². The second-order valence-electron chi connectivity index (χ2n) is 6.60. The average molecular weight is 468 g/mol. The molecule has 15 nitrogen and oxygen atoms in total. The molecule has 1 fully saturated rings. The van der Waals surface area contributed by atoms with Gasteiger partial charge in [0.05, 0.1) is 12.0 Å². The SMILES string of the molecule is C[C@@]1(O)[C@H](O)[C@@H](COP(=O)(O)OP(=O)(O)O)O[C@H]1n1cc(C=O)c2c(N)ncnc21. The van der Waals surface area contributed by atoms with E-state index in [0.29, 0.717) is 6.29 Å². The number of nitrogen functional groups attached to an aromatic ring is 1. The van der Waals surface area contributed by atoms with E-state index in [-0.39, 0.29) is 22.4 Å². The van der Waals surface area contributed by atoms with Crippen LogP contribution in [0.5, 0.6) is 0 Å². The Labute approximate surface area is 167 Å². The number of nitrogens with two attached hydrogens (primary N) is 1. The summed E-state index contributed by atoms with van der Waals surface area (Å²) in [5.41, 5.74) is 3.97. The summed E-state index contributed by atoms with van der Waals surface area (Å²) in [7, 11) is -10.5. The van der Waals surface area contributed by atoms with Crippen LogP contribution in [-0.2, 0) is 22.7 Å².